The van der Waals surface area contributed by atoms with Crippen molar-refractivity contribution in [1.29, 1.82) is 0 Å². The first-order chi connectivity index (χ1) is 25.6. The first-order valence-corrected chi connectivity index (χ1v) is 18.6. The molecule has 2 nitrogen and oxygen atoms in total. The average Bonchev–Trinajstić information content (AvgIpc) is 3.69. The van der Waals surface area contributed by atoms with E-state index in [4.69, 9.17) is 0 Å². The molecule has 0 saturated heterocycles. The number of hydrogen-bond acceptors (Lipinski definition) is 0. The smallest absolute Gasteiger partial charge is 0.0538 e. The maximum absolute atomic E-state index is 2.51. The van der Waals surface area contributed by atoms with E-state index < -0.39 is 0 Å². The van der Waals surface area contributed by atoms with Crippen LogP contribution in [0.5, 0.6) is 0 Å². The minimum absolute atomic E-state index is 0.495. The van der Waals surface area contributed by atoms with E-state index in [1.807, 2.05) is 0 Å². The highest BCUT2D eigenvalue weighted by atomic mass is 15.0. The van der Waals surface area contributed by atoms with E-state index in [0.29, 0.717) is 11.8 Å². The summed E-state index contributed by atoms with van der Waals surface area (Å²) in [7, 11) is 0. The molecule has 2 atom stereocenters. The molecule has 0 bridgehead atoms. The zero-order chi connectivity index (χ0) is 34.8. The molecule has 1 unspecified atom stereocenters. The van der Waals surface area contributed by atoms with Crippen LogP contribution in [0.15, 0.2) is 158 Å². The molecule has 52 heavy (non-hydrogen) atoms. The minimum Gasteiger partial charge on any atom is -0.313 e. The number of fused-ring (bicyclic) bond motifs is 6. The van der Waals surface area contributed by atoms with Gasteiger partial charge in [0, 0.05) is 44.7 Å². The van der Waals surface area contributed by atoms with E-state index in [-0.39, 0.29) is 0 Å². The fourth-order valence-electron chi connectivity index (χ4n) is 8.64. The summed E-state index contributed by atoms with van der Waals surface area (Å²) >= 11 is 0. The Balaban J connectivity index is 1.11. The van der Waals surface area contributed by atoms with Crippen LogP contribution in [0.2, 0.25) is 0 Å². The standard InChI is InChI=1S/C50H40N2/c1-33-19-23-43-45-31-39(21-25-47(45)51(49(43)27-33)41-17-9-15-37(29-41)35-11-5-3-6-12-35)40-22-26-48-46(32-40)44-24-20-34(2)28-50(44)52(48)42-18-10-16-38(30-42)36-13-7-4-8-14-36/h3-26,29-34H,27-28H2,1-2H3/t33-,34?/m1/s1. The van der Waals surface area contributed by atoms with E-state index >= 15 is 0 Å². The summed E-state index contributed by atoms with van der Waals surface area (Å²) in [4.78, 5) is 0. The number of allylic oxidation sites excluding steroid dienone is 2. The maximum atomic E-state index is 2.51. The Kier molecular flexibility index (Phi) is 7.25. The van der Waals surface area contributed by atoms with E-state index in [0.717, 1.165) is 12.8 Å². The first-order valence-electron chi connectivity index (χ1n) is 18.6. The van der Waals surface area contributed by atoms with Gasteiger partial charge in [-0.1, -0.05) is 135 Å². The first kappa shape index (κ1) is 30.7. The van der Waals surface area contributed by atoms with Gasteiger partial charge >= 0.3 is 0 Å². The van der Waals surface area contributed by atoms with Crippen molar-refractivity contribution < 1.29 is 0 Å². The second-order valence-electron chi connectivity index (χ2n) is 14.8. The number of benzene rings is 6. The Bertz CT molecular complexity index is 2510. The van der Waals surface area contributed by atoms with Gasteiger partial charge in [-0.05, 0) is 107 Å². The lowest BCUT2D eigenvalue weighted by atomic mass is 9.93. The van der Waals surface area contributed by atoms with Gasteiger partial charge in [-0.2, -0.15) is 0 Å². The Labute approximate surface area is 305 Å². The lowest BCUT2D eigenvalue weighted by Crippen LogP contribution is -2.08. The molecule has 0 fully saturated rings. The van der Waals surface area contributed by atoms with Crippen LogP contribution >= 0.6 is 0 Å². The topological polar surface area (TPSA) is 9.86 Å². The van der Waals surface area contributed by atoms with E-state index in [1.165, 1.54) is 89.1 Å². The van der Waals surface area contributed by atoms with Gasteiger partial charge in [-0.15, -0.1) is 0 Å². The molecule has 0 spiro atoms. The molecule has 2 heteroatoms. The molecule has 6 aromatic carbocycles. The second kappa shape index (κ2) is 12.3. The quantitative estimate of drug-likeness (QED) is 0.173. The molecule has 8 aromatic rings. The second-order valence-corrected chi connectivity index (χ2v) is 14.8. The van der Waals surface area contributed by atoms with Crippen molar-refractivity contribution in [1.82, 2.24) is 9.13 Å². The van der Waals surface area contributed by atoms with Crippen molar-refractivity contribution in [3.05, 3.63) is 180 Å². The number of rotatable bonds is 5. The van der Waals surface area contributed by atoms with Crippen LogP contribution in [0.25, 0.3) is 78.7 Å². The Morgan fingerprint density at radius 2 is 0.808 bits per heavy atom. The molecule has 0 amide bonds. The molecule has 2 aliphatic rings. The van der Waals surface area contributed by atoms with Gasteiger partial charge in [0.1, 0.15) is 0 Å². The monoisotopic (exact) mass is 668 g/mol. The Morgan fingerprint density at radius 3 is 1.25 bits per heavy atom. The highest BCUT2D eigenvalue weighted by Crippen LogP contribution is 2.41. The molecule has 0 N–H and O–H groups in total. The molecule has 2 aromatic heterocycles. The third-order valence-corrected chi connectivity index (χ3v) is 11.2. The zero-order valence-corrected chi connectivity index (χ0v) is 29.6. The third kappa shape index (κ3) is 5.09. The van der Waals surface area contributed by atoms with Crippen LogP contribution in [0, 0.1) is 11.8 Å². The predicted octanol–water partition coefficient (Wildman–Crippen LogP) is 13.0. The highest BCUT2D eigenvalue weighted by Gasteiger charge is 2.24. The van der Waals surface area contributed by atoms with Crippen molar-refractivity contribution >= 4 is 34.0 Å². The molecule has 2 aliphatic carbocycles. The van der Waals surface area contributed by atoms with Crippen molar-refractivity contribution in [2.45, 2.75) is 26.7 Å². The fourth-order valence-corrected chi connectivity index (χ4v) is 8.64. The van der Waals surface area contributed by atoms with Crippen LogP contribution in [0.1, 0.15) is 36.4 Å². The van der Waals surface area contributed by atoms with Gasteiger partial charge in [0.15, 0.2) is 0 Å². The van der Waals surface area contributed by atoms with E-state index in [1.54, 1.807) is 0 Å². The molecular weight excluding hydrogens is 629 g/mol. The lowest BCUT2D eigenvalue weighted by molar-refractivity contribution is 0.690. The summed E-state index contributed by atoms with van der Waals surface area (Å²) in [5.74, 6) is 0.989. The average molecular weight is 669 g/mol. The van der Waals surface area contributed by atoms with Gasteiger partial charge in [0.2, 0.25) is 0 Å². The Morgan fingerprint density at radius 1 is 0.404 bits per heavy atom. The van der Waals surface area contributed by atoms with E-state index in [2.05, 4.69) is 193 Å². The SMILES string of the molecule is CC1C=Cc2c(n(-c3cccc(-c4ccccc4)c3)c3ccc(-c4ccc5c(c4)c4c(n5-c5cccc(-c6ccccc6)c5)C[C@H](C)C=C4)cc23)C1. The molecule has 10 rings (SSSR count). The summed E-state index contributed by atoms with van der Waals surface area (Å²) < 4.78 is 5.02. The van der Waals surface area contributed by atoms with Gasteiger partial charge in [0.25, 0.3) is 0 Å². The van der Waals surface area contributed by atoms with Crippen LogP contribution in [-0.2, 0) is 12.8 Å². The van der Waals surface area contributed by atoms with Crippen molar-refractivity contribution in [2.75, 3.05) is 0 Å². The number of nitrogens with zero attached hydrogens (tertiary/aromatic N) is 2. The molecular formula is C50H40N2. The van der Waals surface area contributed by atoms with Gasteiger partial charge < -0.3 is 9.13 Å². The predicted molar refractivity (Wildman–Crippen MR) is 220 cm³/mol. The van der Waals surface area contributed by atoms with Crippen molar-refractivity contribution in [2.24, 2.45) is 11.8 Å². The highest BCUT2D eigenvalue weighted by molar-refractivity contribution is 5.99. The minimum atomic E-state index is 0.495. The van der Waals surface area contributed by atoms with Gasteiger partial charge in [-0.3, -0.25) is 0 Å². The molecule has 0 radical (unpaired) electrons. The number of hydrogen-bond donors (Lipinski definition) is 0. The lowest BCUT2D eigenvalue weighted by Gasteiger charge is -2.17. The van der Waals surface area contributed by atoms with Crippen LogP contribution in [0.4, 0.5) is 0 Å². The van der Waals surface area contributed by atoms with Gasteiger partial charge in [-0.25, -0.2) is 0 Å². The summed E-state index contributed by atoms with van der Waals surface area (Å²) in [5.41, 5.74) is 17.9. The normalized spacial score (nSPS) is 16.3. The fraction of sp³-hybridized carbons (Fsp3) is 0.120. The van der Waals surface area contributed by atoms with Crippen LogP contribution < -0.4 is 0 Å². The summed E-state index contributed by atoms with van der Waals surface area (Å²) in [6.07, 6.45) is 11.5. The van der Waals surface area contributed by atoms with Crippen LogP contribution in [-0.4, -0.2) is 9.13 Å². The Hall–Kier alpha value is -6.12. The van der Waals surface area contributed by atoms with Gasteiger partial charge in [0.05, 0.1) is 11.0 Å². The summed E-state index contributed by atoms with van der Waals surface area (Å²) in [6.45, 7) is 4.64. The molecule has 250 valence electrons. The van der Waals surface area contributed by atoms with Crippen LogP contribution in [0.3, 0.4) is 0 Å². The number of aromatic nitrogens is 2. The zero-order valence-electron chi connectivity index (χ0n) is 29.6. The summed E-state index contributed by atoms with van der Waals surface area (Å²) in [6, 6.07) is 53.6. The molecule has 2 heterocycles. The molecule has 0 aliphatic heterocycles. The maximum Gasteiger partial charge on any atom is 0.0538 e. The van der Waals surface area contributed by atoms with E-state index in [9.17, 15) is 0 Å². The van der Waals surface area contributed by atoms with Crippen molar-refractivity contribution in [3.8, 4) is 44.8 Å². The summed E-state index contributed by atoms with van der Waals surface area (Å²) in [5, 5.41) is 2.62. The van der Waals surface area contributed by atoms with Crippen molar-refractivity contribution in [3.63, 3.8) is 0 Å². The largest absolute Gasteiger partial charge is 0.313 e. The third-order valence-electron chi connectivity index (χ3n) is 11.2. The molecule has 0 saturated carbocycles.